The fourth-order valence-electron chi connectivity index (χ4n) is 1.56. The molecule has 0 atom stereocenters. The monoisotopic (exact) mass is 266 g/mol. The van der Waals surface area contributed by atoms with Gasteiger partial charge >= 0.3 is 5.97 Å². The van der Waals surface area contributed by atoms with Gasteiger partial charge in [-0.25, -0.2) is 0 Å². The number of benzene rings is 1. The molecule has 0 heterocycles. The van der Waals surface area contributed by atoms with Crippen molar-refractivity contribution in [2.75, 3.05) is 30.4 Å². The number of carboxylic acid groups (broad SMARTS) is 1. The van der Waals surface area contributed by atoms with E-state index in [1.54, 1.807) is 24.3 Å². The van der Waals surface area contributed by atoms with Gasteiger partial charge in [-0.15, -0.1) is 0 Å². The Kier molecular flexibility index (Phi) is 5.81. The quantitative estimate of drug-likeness (QED) is 0.569. The molecule has 0 saturated heterocycles. The summed E-state index contributed by atoms with van der Waals surface area (Å²) < 4.78 is 5.14. The molecule has 0 aliphatic carbocycles. The molecule has 6 heteroatoms. The normalized spacial score (nSPS) is 10.2. The fraction of sp³-hybridized carbons (Fsp3) is 0.385. The van der Waals surface area contributed by atoms with E-state index in [0.29, 0.717) is 18.0 Å². The topological polar surface area (TPSA) is 92.9 Å². The minimum absolute atomic E-state index is 0.157. The van der Waals surface area contributed by atoms with Crippen molar-refractivity contribution in [2.45, 2.75) is 13.3 Å². The standard InChI is InChI=1S/C13H18N2O4/c1-2-7-19-9-12(16)15(8-13(17)18)11-6-4-3-5-10(11)14/h3-6H,2,7-9,14H2,1H3,(H,17,18). The van der Waals surface area contributed by atoms with Crippen LogP contribution in [0, 0.1) is 0 Å². The highest BCUT2D eigenvalue weighted by Crippen LogP contribution is 2.22. The summed E-state index contributed by atoms with van der Waals surface area (Å²) in [5.41, 5.74) is 6.50. The average molecular weight is 266 g/mol. The number of hydrogen-bond donors (Lipinski definition) is 2. The summed E-state index contributed by atoms with van der Waals surface area (Å²) in [6.45, 7) is 1.78. The predicted octanol–water partition coefficient (Wildman–Crippen LogP) is 1.11. The lowest BCUT2D eigenvalue weighted by Crippen LogP contribution is -2.38. The van der Waals surface area contributed by atoms with Gasteiger partial charge in [0.1, 0.15) is 13.2 Å². The van der Waals surface area contributed by atoms with Crippen LogP contribution in [0.4, 0.5) is 11.4 Å². The van der Waals surface area contributed by atoms with Crippen molar-refractivity contribution in [3.05, 3.63) is 24.3 Å². The van der Waals surface area contributed by atoms with Crippen LogP contribution in [-0.2, 0) is 14.3 Å². The number of aliphatic carboxylic acids is 1. The van der Waals surface area contributed by atoms with Crippen molar-refractivity contribution in [2.24, 2.45) is 0 Å². The zero-order valence-corrected chi connectivity index (χ0v) is 10.8. The number of carbonyl (C=O) groups is 2. The summed E-state index contributed by atoms with van der Waals surface area (Å²) in [5, 5.41) is 8.88. The highest BCUT2D eigenvalue weighted by molar-refractivity contribution is 6.00. The maximum atomic E-state index is 12.0. The Hall–Kier alpha value is -2.08. The molecule has 104 valence electrons. The van der Waals surface area contributed by atoms with Crippen LogP contribution in [0.3, 0.4) is 0 Å². The Morgan fingerprint density at radius 3 is 2.63 bits per heavy atom. The van der Waals surface area contributed by atoms with Crippen molar-refractivity contribution in [3.8, 4) is 0 Å². The van der Waals surface area contributed by atoms with E-state index in [0.717, 1.165) is 11.3 Å². The number of hydrogen-bond acceptors (Lipinski definition) is 4. The van der Waals surface area contributed by atoms with E-state index in [9.17, 15) is 9.59 Å². The molecule has 19 heavy (non-hydrogen) atoms. The molecule has 0 radical (unpaired) electrons. The first-order valence-corrected chi connectivity index (χ1v) is 6.00. The summed E-state index contributed by atoms with van der Waals surface area (Å²) in [7, 11) is 0. The smallest absolute Gasteiger partial charge is 0.323 e. The fourth-order valence-corrected chi connectivity index (χ4v) is 1.56. The number of carboxylic acids is 1. The summed E-state index contributed by atoms with van der Waals surface area (Å²) in [6, 6.07) is 6.64. The van der Waals surface area contributed by atoms with Gasteiger partial charge in [0.05, 0.1) is 11.4 Å². The molecule has 6 nitrogen and oxygen atoms in total. The largest absolute Gasteiger partial charge is 0.480 e. The third-order valence-electron chi connectivity index (χ3n) is 2.40. The number of rotatable bonds is 7. The Balaban J connectivity index is 2.86. The van der Waals surface area contributed by atoms with Crippen molar-refractivity contribution < 1.29 is 19.4 Å². The van der Waals surface area contributed by atoms with E-state index in [1.165, 1.54) is 0 Å². The first-order chi connectivity index (χ1) is 9.06. The number of nitrogen functional groups attached to an aromatic ring is 1. The molecule has 1 amide bonds. The molecule has 0 aliphatic rings. The number of para-hydroxylation sites is 2. The van der Waals surface area contributed by atoms with Gasteiger partial charge in [0.2, 0.25) is 0 Å². The van der Waals surface area contributed by atoms with Gasteiger partial charge in [-0.3, -0.25) is 14.5 Å². The van der Waals surface area contributed by atoms with Crippen LogP contribution in [0.15, 0.2) is 24.3 Å². The van der Waals surface area contributed by atoms with Gasteiger partial charge in [-0.2, -0.15) is 0 Å². The van der Waals surface area contributed by atoms with Crippen LogP contribution in [-0.4, -0.2) is 36.7 Å². The molecule has 3 N–H and O–H groups in total. The van der Waals surface area contributed by atoms with E-state index in [-0.39, 0.29) is 6.61 Å². The van der Waals surface area contributed by atoms with Gasteiger partial charge in [0, 0.05) is 6.61 Å². The zero-order chi connectivity index (χ0) is 14.3. The van der Waals surface area contributed by atoms with Crippen LogP contribution in [0.1, 0.15) is 13.3 Å². The molecule has 0 aliphatic heterocycles. The number of nitrogens with two attached hydrogens (primary N) is 1. The second kappa shape index (κ2) is 7.38. The van der Waals surface area contributed by atoms with E-state index in [4.69, 9.17) is 15.6 Å². The third-order valence-corrected chi connectivity index (χ3v) is 2.40. The summed E-state index contributed by atoms with van der Waals surface area (Å²) in [6.07, 6.45) is 0.791. The Morgan fingerprint density at radius 1 is 1.37 bits per heavy atom. The maximum absolute atomic E-state index is 12.0. The van der Waals surface area contributed by atoms with E-state index < -0.39 is 18.4 Å². The Bertz CT molecular complexity index is 448. The number of anilines is 2. The molecule has 0 unspecified atom stereocenters. The zero-order valence-electron chi connectivity index (χ0n) is 10.8. The second-order valence-electron chi connectivity index (χ2n) is 3.99. The minimum atomic E-state index is -1.10. The molecule has 1 rings (SSSR count). The molecule has 0 aromatic heterocycles. The van der Waals surface area contributed by atoms with E-state index in [1.807, 2.05) is 6.92 Å². The van der Waals surface area contributed by atoms with Crippen LogP contribution >= 0.6 is 0 Å². The minimum Gasteiger partial charge on any atom is -0.480 e. The van der Waals surface area contributed by atoms with Gasteiger partial charge < -0.3 is 15.6 Å². The van der Waals surface area contributed by atoms with Gasteiger partial charge in [-0.05, 0) is 18.6 Å². The lowest BCUT2D eigenvalue weighted by molar-refractivity contribution is -0.137. The van der Waals surface area contributed by atoms with Crippen LogP contribution < -0.4 is 10.6 Å². The molecule has 0 spiro atoms. The number of carbonyl (C=O) groups excluding carboxylic acids is 1. The molecule has 1 aromatic carbocycles. The van der Waals surface area contributed by atoms with Crippen molar-refractivity contribution in [1.29, 1.82) is 0 Å². The molecular weight excluding hydrogens is 248 g/mol. The van der Waals surface area contributed by atoms with Crippen LogP contribution in [0.2, 0.25) is 0 Å². The van der Waals surface area contributed by atoms with Crippen molar-refractivity contribution in [3.63, 3.8) is 0 Å². The Labute approximate surface area is 111 Å². The molecule has 0 saturated carbocycles. The van der Waals surface area contributed by atoms with Gasteiger partial charge in [0.25, 0.3) is 5.91 Å². The number of ether oxygens (including phenoxy) is 1. The van der Waals surface area contributed by atoms with Crippen LogP contribution in [0.5, 0.6) is 0 Å². The van der Waals surface area contributed by atoms with E-state index in [2.05, 4.69) is 0 Å². The molecular formula is C13H18N2O4. The summed E-state index contributed by atoms with van der Waals surface area (Å²) in [5.74, 6) is -1.53. The molecule has 1 aromatic rings. The molecule has 0 bridgehead atoms. The van der Waals surface area contributed by atoms with Crippen molar-refractivity contribution in [1.82, 2.24) is 0 Å². The van der Waals surface area contributed by atoms with Gasteiger partial charge in [-0.1, -0.05) is 19.1 Å². The van der Waals surface area contributed by atoms with Crippen LogP contribution in [0.25, 0.3) is 0 Å². The predicted molar refractivity (Wildman–Crippen MR) is 72.0 cm³/mol. The first-order valence-electron chi connectivity index (χ1n) is 6.00. The SMILES string of the molecule is CCCOCC(=O)N(CC(=O)O)c1ccccc1N. The summed E-state index contributed by atoms with van der Waals surface area (Å²) in [4.78, 5) is 24.0. The highest BCUT2D eigenvalue weighted by Gasteiger charge is 2.20. The third kappa shape index (κ3) is 4.59. The first kappa shape index (κ1) is 15.0. The van der Waals surface area contributed by atoms with Crippen molar-refractivity contribution >= 4 is 23.3 Å². The Morgan fingerprint density at radius 2 is 2.05 bits per heavy atom. The summed E-state index contributed by atoms with van der Waals surface area (Å²) >= 11 is 0. The number of nitrogens with zero attached hydrogens (tertiary/aromatic N) is 1. The molecule has 0 fully saturated rings. The van der Waals surface area contributed by atoms with E-state index >= 15 is 0 Å². The van der Waals surface area contributed by atoms with Gasteiger partial charge in [0.15, 0.2) is 0 Å². The average Bonchev–Trinajstić information content (AvgIpc) is 2.37. The number of amides is 1. The highest BCUT2D eigenvalue weighted by atomic mass is 16.5. The lowest BCUT2D eigenvalue weighted by Gasteiger charge is -2.22. The second-order valence-corrected chi connectivity index (χ2v) is 3.99. The lowest BCUT2D eigenvalue weighted by atomic mass is 10.2. The maximum Gasteiger partial charge on any atom is 0.323 e.